The van der Waals surface area contributed by atoms with Gasteiger partial charge in [0.15, 0.2) is 0 Å². The van der Waals surface area contributed by atoms with E-state index < -0.39 is 11.7 Å². The van der Waals surface area contributed by atoms with Crippen LogP contribution >= 0.6 is 0 Å². The minimum absolute atomic E-state index is 0.205. The number of nitrogens with one attached hydrogen (secondary N) is 1. The highest BCUT2D eigenvalue weighted by Gasteiger charge is 2.30. The van der Waals surface area contributed by atoms with E-state index in [1.807, 2.05) is 0 Å². The van der Waals surface area contributed by atoms with Gasteiger partial charge >= 0.3 is 6.18 Å². The first-order valence-corrected chi connectivity index (χ1v) is 9.55. The molecule has 2 atom stereocenters. The molecule has 0 heterocycles. The molecule has 2 aromatic carbocycles. The number of halogens is 3. The molecule has 1 nitrogen and oxygen atoms in total. The van der Waals surface area contributed by atoms with Crippen molar-refractivity contribution in [2.75, 3.05) is 6.54 Å². The van der Waals surface area contributed by atoms with Crippen LogP contribution in [-0.2, 0) is 12.6 Å². The molecule has 0 bridgehead atoms. The average Bonchev–Trinajstić information content (AvgIpc) is 2.64. The third kappa shape index (κ3) is 4.81. The van der Waals surface area contributed by atoms with E-state index in [2.05, 4.69) is 49.5 Å². The fourth-order valence-electron chi connectivity index (χ4n) is 3.74. The van der Waals surface area contributed by atoms with E-state index in [1.54, 1.807) is 6.07 Å². The van der Waals surface area contributed by atoms with Crippen LogP contribution in [0.1, 0.15) is 66.5 Å². The number of aryl methyl sites for hydroxylation is 1. The maximum absolute atomic E-state index is 12.8. The van der Waals surface area contributed by atoms with E-state index in [4.69, 9.17) is 0 Å². The van der Waals surface area contributed by atoms with Gasteiger partial charge in [-0.1, -0.05) is 55.5 Å². The third-order valence-electron chi connectivity index (χ3n) is 5.29. The summed E-state index contributed by atoms with van der Waals surface area (Å²) in [6, 6.07) is 12.3. The topological polar surface area (TPSA) is 12.0 Å². The molecule has 0 spiro atoms. The lowest BCUT2D eigenvalue weighted by atomic mass is 9.84. The smallest absolute Gasteiger partial charge is 0.310 e. The normalized spacial score (nSPS) is 17.6. The molecule has 0 amide bonds. The minimum Gasteiger partial charge on any atom is -0.310 e. The summed E-state index contributed by atoms with van der Waals surface area (Å²) >= 11 is 0. The SMILES string of the molecule is CC1CC=Cc2c1cccc2[C@@H](C)NCCCc1cccc(C(F)(F)F)c1. The van der Waals surface area contributed by atoms with Gasteiger partial charge in [0.25, 0.3) is 0 Å². The van der Waals surface area contributed by atoms with Gasteiger partial charge in [-0.25, -0.2) is 0 Å². The van der Waals surface area contributed by atoms with Gasteiger partial charge in [0, 0.05) is 6.04 Å². The second-order valence-electron chi connectivity index (χ2n) is 7.37. The summed E-state index contributed by atoms with van der Waals surface area (Å²) in [6.45, 7) is 5.16. The van der Waals surface area contributed by atoms with Crippen LogP contribution in [0.15, 0.2) is 48.5 Å². The molecule has 4 heteroatoms. The second-order valence-corrected chi connectivity index (χ2v) is 7.37. The van der Waals surface area contributed by atoms with Crippen molar-refractivity contribution >= 4 is 6.08 Å². The molecule has 3 rings (SSSR count). The second kappa shape index (κ2) is 8.30. The summed E-state index contributed by atoms with van der Waals surface area (Å²) in [5, 5.41) is 3.52. The summed E-state index contributed by atoms with van der Waals surface area (Å²) in [6.07, 6.45) is 2.68. The number of hydrogen-bond donors (Lipinski definition) is 1. The average molecular weight is 373 g/mol. The first-order chi connectivity index (χ1) is 12.9. The van der Waals surface area contributed by atoms with Gasteiger partial charge < -0.3 is 5.32 Å². The van der Waals surface area contributed by atoms with Crippen LogP contribution in [0, 0.1) is 0 Å². The Balaban J connectivity index is 1.56. The van der Waals surface area contributed by atoms with Gasteiger partial charge in [-0.2, -0.15) is 13.2 Å². The highest BCUT2D eigenvalue weighted by Crippen LogP contribution is 2.33. The molecular formula is C23H26F3N. The summed E-state index contributed by atoms with van der Waals surface area (Å²) in [7, 11) is 0. The van der Waals surface area contributed by atoms with Gasteiger partial charge in [-0.3, -0.25) is 0 Å². The Morgan fingerprint density at radius 2 is 1.93 bits per heavy atom. The molecule has 0 saturated heterocycles. The molecule has 0 aromatic heterocycles. The minimum atomic E-state index is -4.28. The zero-order valence-corrected chi connectivity index (χ0v) is 15.8. The lowest BCUT2D eigenvalue weighted by molar-refractivity contribution is -0.137. The number of fused-ring (bicyclic) bond motifs is 1. The van der Waals surface area contributed by atoms with Crippen LogP contribution in [0.3, 0.4) is 0 Å². The predicted molar refractivity (Wildman–Crippen MR) is 105 cm³/mol. The van der Waals surface area contributed by atoms with Crippen molar-refractivity contribution in [2.45, 2.75) is 51.2 Å². The predicted octanol–water partition coefficient (Wildman–Crippen LogP) is 6.51. The van der Waals surface area contributed by atoms with E-state index in [9.17, 15) is 13.2 Å². The maximum Gasteiger partial charge on any atom is 0.416 e. The van der Waals surface area contributed by atoms with Gasteiger partial charge in [0.2, 0.25) is 0 Å². The van der Waals surface area contributed by atoms with Crippen LogP contribution < -0.4 is 5.32 Å². The molecule has 1 N–H and O–H groups in total. The molecule has 0 saturated carbocycles. The van der Waals surface area contributed by atoms with Crippen LogP contribution in [0.25, 0.3) is 6.08 Å². The van der Waals surface area contributed by atoms with Gasteiger partial charge in [-0.15, -0.1) is 0 Å². The Labute approximate surface area is 159 Å². The van der Waals surface area contributed by atoms with E-state index in [-0.39, 0.29) is 6.04 Å². The lowest BCUT2D eigenvalue weighted by Crippen LogP contribution is -2.22. The van der Waals surface area contributed by atoms with E-state index in [1.165, 1.54) is 28.8 Å². The van der Waals surface area contributed by atoms with Gasteiger partial charge in [0.1, 0.15) is 0 Å². The maximum atomic E-state index is 12.8. The number of alkyl halides is 3. The largest absolute Gasteiger partial charge is 0.416 e. The Hall–Kier alpha value is -2.07. The summed E-state index contributed by atoms with van der Waals surface area (Å²) < 4.78 is 38.4. The Kier molecular flexibility index (Phi) is 6.05. The summed E-state index contributed by atoms with van der Waals surface area (Å²) in [4.78, 5) is 0. The van der Waals surface area contributed by atoms with Crippen molar-refractivity contribution in [1.82, 2.24) is 5.32 Å². The van der Waals surface area contributed by atoms with Crippen molar-refractivity contribution in [1.29, 1.82) is 0 Å². The first-order valence-electron chi connectivity index (χ1n) is 9.55. The zero-order valence-electron chi connectivity index (χ0n) is 15.8. The van der Waals surface area contributed by atoms with Crippen molar-refractivity contribution in [3.8, 4) is 0 Å². The van der Waals surface area contributed by atoms with Crippen molar-refractivity contribution in [2.24, 2.45) is 0 Å². The zero-order chi connectivity index (χ0) is 19.4. The van der Waals surface area contributed by atoms with Crippen molar-refractivity contribution in [3.63, 3.8) is 0 Å². The van der Waals surface area contributed by atoms with Crippen molar-refractivity contribution < 1.29 is 13.2 Å². The number of allylic oxidation sites excluding steroid dienone is 1. The van der Waals surface area contributed by atoms with Gasteiger partial charge in [0.05, 0.1) is 5.56 Å². The number of benzene rings is 2. The molecule has 2 aromatic rings. The summed E-state index contributed by atoms with van der Waals surface area (Å²) in [5.74, 6) is 0.540. The highest BCUT2D eigenvalue weighted by molar-refractivity contribution is 5.62. The van der Waals surface area contributed by atoms with Crippen LogP contribution in [-0.4, -0.2) is 6.54 Å². The van der Waals surface area contributed by atoms with E-state index >= 15 is 0 Å². The fraction of sp³-hybridized carbons (Fsp3) is 0.391. The van der Waals surface area contributed by atoms with Crippen LogP contribution in [0.4, 0.5) is 13.2 Å². The molecule has 144 valence electrons. The molecule has 1 aliphatic rings. The third-order valence-corrected chi connectivity index (χ3v) is 5.29. The Morgan fingerprint density at radius 3 is 2.70 bits per heavy atom. The molecule has 1 unspecified atom stereocenters. The van der Waals surface area contributed by atoms with E-state index in [0.29, 0.717) is 12.3 Å². The van der Waals surface area contributed by atoms with E-state index in [0.717, 1.165) is 31.0 Å². The standard InChI is InChI=1S/C23H26F3N/c1-16-7-3-13-22-20(16)11-5-12-21(22)17(2)27-14-6-9-18-8-4-10-19(15-18)23(24,25)26/h3-5,8,10-13,15-17,27H,6-7,9,14H2,1-2H3/t16?,17-/m1/s1. The molecule has 0 fully saturated rings. The molecule has 0 radical (unpaired) electrons. The molecule has 1 aliphatic carbocycles. The van der Waals surface area contributed by atoms with Gasteiger partial charge in [-0.05, 0) is 67.0 Å². The van der Waals surface area contributed by atoms with Crippen LogP contribution in [0.5, 0.6) is 0 Å². The Morgan fingerprint density at radius 1 is 1.15 bits per heavy atom. The monoisotopic (exact) mass is 373 g/mol. The first kappa shape index (κ1) is 19.7. The quantitative estimate of drug-likeness (QED) is 0.569. The molecule has 0 aliphatic heterocycles. The lowest BCUT2D eigenvalue weighted by Gasteiger charge is -2.24. The molecular weight excluding hydrogens is 347 g/mol. The van der Waals surface area contributed by atoms with Crippen LogP contribution in [0.2, 0.25) is 0 Å². The number of hydrogen-bond acceptors (Lipinski definition) is 1. The highest BCUT2D eigenvalue weighted by atomic mass is 19.4. The number of rotatable bonds is 6. The molecule has 27 heavy (non-hydrogen) atoms. The fourth-order valence-corrected chi connectivity index (χ4v) is 3.74. The Bertz CT molecular complexity index is 808. The van der Waals surface area contributed by atoms with Crippen molar-refractivity contribution in [3.05, 3.63) is 76.4 Å². The summed E-state index contributed by atoms with van der Waals surface area (Å²) in [5.41, 5.74) is 4.15.